The maximum Gasteiger partial charge on any atom is 0.162 e. The van der Waals surface area contributed by atoms with Crippen molar-refractivity contribution in [3.05, 3.63) is 35.8 Å². The Labute approximate surface area is 181 Å². The summed E-state index contributed by atoms with van der Waals surface area (Å²) in [5.74, 6) is 14.5. The molecule has 1 aromatic carbocycles. The minimum absolute atomic E-state index is 0.287. The molecule has 31 heavy (non-hydrogen) atoms. The van der Waals surface area contributed by atoms with E-state index >= 15 is 0 Å². The predicted molar refractivity (Wildman–Crippen MR) is 119 cm³/mol. The number of rotatable bonds is 5. The Kier molecular flexibility index (Phi) is 6.21. The quantitative estimate of drug-likeness (QED) is 0.617. The highest BCUT2D eigenvalue weighted by Gasteiger charge is 2.23. The monoisotopic (exact) mass is 416 g/mol. The molecule has 3 heterocycles. The third kappa shape index (κ3) is 4.71. The smallest absolute Gasteiger partial charge is 0.162 e. The number of H-pyrrole nitrogens is 1. The van der Waals surface area contributed by atoms with E-state index in [0.717, 1.165) is 42.8 Å². The van der Waals surface area contributed by atoms with Crippen LogP contribution in [0.4, 0.5) is 5.82 Å². The van der Waals surface area contributed by atoms with Crippen LogP contribution in [0.2, 0.25) is 0 Å². The standard InChI is InChI=1S/C23H24N6O2/c1-4-5-9-29-10-8-17(14-29)26-22-21-20(27-28-23(21)25-15-24-22)7-6-16-11-18(30-2)13-19(12-16)31-3/h11-13,15,17H,8-10,14H2,1-3H3,(H2,24,25,26,27,28)/t17-/m0/s1. The van der Waals surface area contributed by atoms with E-state index in [1.54, 1.807) is 14.2 Å². The molecule has 0 aliphatic carbocycles. The van der Waals surface area contributed by atoms with Gasteiger partial charge in [-0.1, -0.05) is 11.8 Å². The zero-order valence-electron chi connectivity index (χ0n) is 17.8. The largest absolute Gasteiger partial charge is 0.497 e. The minimum atomic E-state index is 0.287. The molecule has 3 aromatic rings. The van der Waals surface area contributed by atoms with E-state index in [9.17, 15) is 0 Å². The van der Waals surface area contributed by atoms with Crippen LogP contribution in [-0.2, 0) is 0 Å². The highest BCUT2D eigenvalue weighted by atomic mass is 16.5. The second kappa shape index (κ2) is 9.38. The van der Waals surface area contributed by atoms with Gasteiger partial charge in [0.15, 0.2) is 5.65 Å². The fourth-order valence-electron chi connectivity index (χ4n) is 3.55. The van der Waals surface area contributed by atoms with E-state index in [2.05, 4.69) is 54.1 Å². The molecule has 8 nitrogen and oxygen atoms in total. The Morgan fingerprint density at radius 3 is 2.71 bits per heavy atom. The van der Waals surface area contributed by atoms with Crippen molar-refractivity contribution in [1.29, 1.82) is 0 Å². The Hall–Kier alpha value is -3.75. The van der Waals surface area contributed by atoms with Gasteiger partial charge < -0.3 is 14.8 Å². The lowest BCUT2D eigenvalue weighted by molar-refractivity contribution is 0.379. The molecule has 1 aliphatic rings. The van der Waals surface area contributed by atoms with Crippen LogP contribution < -0.4 is 14.8 Å². The van der Waals surface area contributed by atoms with Crippen LogP contribution >= 0.6 is 0 Å². The first kappa shape index (κ1) is 20.5. The number of aromatic amines is 1. The molecule has 2 aromatic heterocycles. The summed E-state index contributed by atoms with van der Waals surface area (Å²) in [6, 6.07) is 5.80. The van der Waals surface area contributed by atoms with Gasteiger partial charge in [-0.3, -0.25) is 10.00 Å². The molecule has 1 aliphatic heterocycles. The molecular weight excluding hydrogens is 392 g/mol. The number of hydrogen-bond donors (Lipinski definition) is 2. The van der Waals surface area contributed by atoms with Crippen molar-refractivity contribution in [2.45, 2.75) is 19.4 Å². The van der Waals surface area contributed by atoms with Gasteiger partial charge in [-0.05, 0) is 31.4 Å². The molecule has 1 fully saturated rings. The molecule has 158 valence electrons. The van der Waals surface area contributed by atoms with Crippen molar-refractivity contribution in [2.24, 2.45) is 0 Å². The fraction of sp³-hybridized carbons (Fsp3) is 0.348. The number of nitrogens with zero attached hydrogens (tertiary/aromatic N) is 4. The van der Waals surface area contributed by atoms with E-state index in [-0.39, 0.29) is 6.04 Å². The van der Waals surface area contributed by atoms with Crippen molar-refractivity contribution in [3.8, 4) is 35.2 Å². The van der Waals surface area contributed by atoms with Crippen molar-refractivity contribution in [1.82, 2.24) is 25.1 Å². The Morgan fingerprint density at radius 1 is 1.16 bits per heavy atom. The van der Waals surface area contributed by atoms with Crippen molar-refractivity contribution in [3.63, 3.8) is 0 Å². The Balaban J connectivity index is 1.60. The summed E-state index contributed by atoms with van der Waals surface area (Å²) in [6.07, 6.45) is 2.56. The van der Waals surface area contributed by atoms with E-state index in [4.69, 9.17) is 9.47 Å². The fourth-order valence-corrected chi connectivity index (χ4v) is 3.55. The van der Waals surface area contributed by atoms with Gasteiger partial charge in [0.25, 0.3) is 0 Å². The van der Waals surface area contributed by atoms with Gasteiger partial charge in [0.2, 0.25) is 0 Å². The van der Waals surface area contributed by atoms with Crippen LogP contribution in [-0.4, -0.2) is 65.0 Å². The van der Waals surface area contributed by atoms with Crippen molar-refractivity contribution >= 4 is 16.9 Å². The number of benzene rings is 1. The lowest BCUT2D eigenvalue weighted by Crippen LogP contribution is -2.27. The number of fused-ring (bicyclic) bond motifs is 1. The van der Waals surface area contributed by atoms with Crippen LogP contribution in [0.15, 0.2) is 24.5 Å². The summed E-state index contributed by atoms with van der Waals surface area (Å²) in [7, 11) is 3.23. The van der Waals surface area contributed by atoms with Gasteiger partial charge in [0.05, 0.1) is 26.2 Å². The Bertz CT molecular complexity index is 1180. The number of likely N-dealkylation sites (tertiary alicyclic amines) is 1. The molecule has 0 saturated carbocycles. The van der Waals surface area contributed by atoms with Gasteiger partial charge in [-0.2, -0.15) is 5.10 Å². The maximum atomic E-state index is 5.32. The van der Waals surface area contributed by atoms with Gasteiger partial charge in [-0.15, -0.1) is 5.92 Å². The second-order valence-electron chi connectivity index (χ2n) is 7.16. The lowest BCUT2D eigenvalue weighted by Gasteiger charge is -2.15. The van der Waals surface area contributed by atoms with Crippen LogP contribution in [0.25, 0.3) is 11.0 Å². The zero-order valence-corrected chi connectivity index (χ0v) is 17.8. The average Bonchev–Trinajstić information content (AvgIpc) is 3.43. The SMILES string of the molecule is CC#CCN1CC[C@H](Nc2ncnc3[nH]nc(C#Cc4cc(OC)cc(OC)c4)c23)C1. The van der Waals surface area contributed by atoms with Crippen LogP contribution in [0.3, 0.4) is 0 Å². The topological polar surface area (TPSA) is 88.2 Å². The molecule has 4 rings (SSSR count). The molecule has 0 spiro atoms. The van der Waals surface area contributed by atoms with Gasteiger partial charge in [0.1, 0.15) is 29.3 Å². The van der Waals surface area contributed by atoms with Crippen LogP contribution in [0.5, 0.6) is 11.5 Å². The average molecular weight is 416 g/mol. The molecule has 0 bridgehead atoms. The number of aromatic nitrogens is 4. The van der Waals surface area contributed by atoms with Gasteiger partial charge in [0, 0.05) is 30.8 Å². The number of nitrogens with one attached hydrogen (secondary N) is 2. The molecule has 0 radical (unpaired) electrons. The highest BCUT2D eigenvalue weighted by Crippen LogP contribution is 2.24. The number of hydrogen-bond acceptors (Lipinski definition) is 7. The molecule has 0 amide bonds. The third-order valence-electron chi connectivity index (χ3n) is 5.13. The van der Waals surface area contributed by atoms with E-state index in [1.807, 2.05) is 25.1 Å². The summed E-state index contributed by atoms with van der Waals surface area (Å²) in [5.41, 5.74) is 2.01. The summed E-state index contributed by atoms with van der Waals surface area (Å²) in [6.45, 7) is 4.59. The van der Waals surface area contributed by atoms with E-state index in [1.165, 1.54) is 6.33 Å². The molecule has 2 N–H and O–H groups in total. The normalized spacial score (nSPS) is 15.6. The van der Waals surface area contributed by atoms with Crippen molar-refractivity contribution < 1.29 is 9.47 Å². The van der Waals surface area contributed by atoms with Crippen LogP contribution in [0.1, 0.15) is 24.6 Å². The summed E-state index contributed by atoms with van der Waals surface area (Å²) >= 11 is 0. The molecule has 8 heteroatoms. The Morgan fingerprint density at radius 2 is 1.97 bits per heavy atom. The zero-order chi connectivity index (χ0) is 21.6. The number of anilines is 1. The predicted octanol–water partition coefficient (Wildman–Crippen LogP) is 2.28. The molecule has 1 saturated heterocycles. The summed E-state index contributed by atoms with van der Waals surface area (Å²) in [4.78, 5) is 11.1. The first-order chi connectivity index (χ1) is 15.2. The maximum absolute atomic E-state index is 5.32. The lowest BCUT2D eigenvalue weighted by atomic mass is 10.2. The number of ether oxygens (including phenoxy) is 2. The van der Waals surface area contributed by atoms with E-state index in [0.29, 0.717) is 22.8 Å². The minimum Gasteiger partial charge on any atom is -0.497 e. The third-order valence-corrected chi connectivity index (χ3v) is 5.13. The van der Waals surface area contributed by atoms with Gasteiger partial charge >= 0.3 is 0 Å². The molecule has 1 atom stereocenters. The first-order valence-corrected chi connectivity index (χ1v) is 10.0. The van der Waals surface area contributed by atoms with Crippen molar-refractivity contribution in [2.75, 3.05) is 39.2 Å². The van der Waals surface area contributed by atoms with E-state index < -0.39 is 0 Å². The van der Waals surface area contributed by atoms with Crippen LogP contribution in [0, 0.1) is 23.7 Å². The number of methoxy groups -OCH3 is 2. The highest BCUT2D eigenvalue weighted by molar-refractivity contribution is 5.91. The molecule has 0 unspecified atom stereocenters. The van der Waals surface area contributed by atoms with Gasteiger partial charge in [-0.25, -0.2) is 9.97 Å². The molecular formula is C23H24N6O2. The summed E-state index contributed by atoms with van der Waals surface area (Å²) < 4.78 is 10.6. The summed E-state index contributed by atoms with van der Waals surface area (Å²) in [5, 5.41) is 11.6. The first-order valence-electron chi connectivity index (χ1n) is 10.0. The second-order valence-corrected chi connectivity index (χ2v) is 7.16.